The highest BCUT2D eigenvalue weighted by Crippen LogP contribution is 2.49. The van der Waals surface area contributed by atoms with Gasteiger partial charge in [0, 0.05) is 43.2 Å². The predicted molar refractivity (Wildman–Crippen MR) is 117 cm³/mol. The molecule has 3 N–H and O–H groups in total. The topological polar surface area (TPSA) is 78.8 Å². The van der Waals surface area contributed by atoms with Crippen molar-refractivity contribution < 1.29 is 15.1 Å². The van der Waals surface area contributed by atoms with Gasteiger partial charge in [-0.1, -0.05) is 54.6 Å². The zero-order valence-corrected chi connectivity index (χ0v) is 17.2. The van der Waals surface area contributed by atoms with Gasteiger partial charge in [-0.05, 0) is 22.8 Å². The first-order valence-electron chi connectivity index (χ1n) is 10.8. The SMILES string of the molecule is [O-][N+]1(O)C2C(=CC(O)=C3Cc4ccccc4C=C32)NC12CCN(Cc1ccccc1)C2. The lowest BCUT2D eigenvalue weighted by atomic mass is 9.80. The molecule has 4 aliphatic rings. The molecule has 0 aromatic heterocycles. The number of aliphatic hydroxyl groups excluding tert-OH is 1. The minimum absolute atomic E-state index is 0.177. The minimum atomic E-state index is -1.38. The van der Waals surface area contributed by atoms with Crippen LogP contribution in [-0.2, 0) is 13.0 Å². The summed E-state index contributed by atoms with van der Waals surface area (Å²) in [5.41, 5.74) is 4.35. The second kappa shape index (κ2) is 6.55. The Balaban J connectivity index is 1.35. The van der Waals surface area contributed by atoms with Crippen molar-refractivity contribution in [1.82, 2.24) is 10.2 Å². The van der Waals surface area contributed by atoms with E-state index in [0.29, 0.717) is 25.1 Å². The third-order valence-electron chi connectivity index (χ3n) is 7.19. The van der Waals surface area contributed by atoms with Gasteiger partial charge in [0.05, 0.1) is 12.2 Å². The molecular weight excluding hydrogens is 390 g/mol. The Hall–Kier alpha value is -2.90. The number of fused-ring (bicyclic) bond motifs is 4. The van der Waals surface area contributed by atoms with E-state index in [1.54, 1.807) is 6.08 Å². The predicted octanol–water partition coefficient (Wildman–Crippen LogP) is 3.61. The van der Waals surface area contributed by atoms with E-state index in [0.717, 1.165) is 35.4 Å². The van der Waals surface area contributed by atoms with Gasteiger partial charge >= 0.3 is 0 Å². The van der Waals surface area contributed by atoms with Crippen LogP contribution < -0.4 is 5.32 Å². The van der Waals surface area contributed by atoms with Gasteiger partial charge < -0.3 is 15.6 Å². The lowest BCUT2D eigenvalue weighted by Gasteiger charge is -2.46. The average Bonchev–Trinajstić information content (AvgIpc) is 3.26. The van der Waals surface area contributed by atoms with Gasteiger partial charge in [-0.15, -0.1) is 0 Å². The van der Waals surface area contributed by atoms with Crippen molar-refractivity contribution in [3.05, 3.63) is 105 Å². The Morgan fingerprint density at radius 3 is 2.71 bits per heavy atom. The number of hydrogen-bond acceptors (Lipinski definition) is 5. The summed E-state index contributed by atoms with van der Waals surface area (Å²) in [5, 5.41) is 39.4. The number of hydrogen-bond donors (Lipinski definition) is 3. The summed E-state index contributed by atoms with van der Waals surface area (Å²) >= 11 is 0. The van der Waals surface area contributed by atoms with Gasteiger partial charge in [0.15, 0.2) is 6.04 Å². The zero-order chi connectivity index (χ0) is 21.2. The van der Waals surface area contributed by atoms with Crippen LogP contribution in [0.4, 0.5) is 0 Å². The quantitative estimate of drug-likeness (QED) is 0.516. The van der Waals surface area contributed by atoms with Crippen LogP contribution in [-0.4, -0.2) is 44.8 Å². The molecule has 2 aromatic rings. The van der Waals surface area contributed by atoms with Crippen LogP contribution in [0.5, 0.6) is 0 Å². The number of quaternary nitrogens is 1. The molecule has 0 amide bonds. The van der Waals surface area contributed by atoms with Crippen molar-refractivity contribution in [2.45, 2.75) is 31.1 Å². The van der Waals surface area contributed by atoms with Gasteiger partial charge in [0.2, 0.25) is 5.66 Å². The van der Waals surface area contributed by atoms with E-state index in [1.807, 2.05) is 48.5 Å². The molecule has 0 bridgehead atoms. The second-order valence-corrected chi connectivity index (χ2v) is 9.07. The summed E-state index contributed by atoms with van der Waals surface area (Å²) in [5.74, 6) is 0.177. The van der Waals surface area contributed by atoms with E-state index in [2.05, 4.69) is 22.3 Å². The maximum Gasteiger partial charge on any atom is 0.216 e. The highest BCUT2D eigenvalue weighted by atomic mass is 16.9. The first-order valence-corrected chi connectivity index (χ1v) is 10.8. The molecule has 6 nitrogen and oxygen atoms in total. The summed E-state index contributed by atoms with van der Waals surface area (Å²) in [6.45, 7) is 1.90. The lowest BCUT2D eigenvalue weighted by molar-refractivity contribution is -1.10. The van der Waals surface area contributed by atoms with E-state index in [-0.39, 0.29) is 5.76 Å². The molecule has 158 valence electrons. The molecule has 2 aliphatic carbocycles. The Morgan fingerprint density at radius 2 is 1.87 bits per heavy atom. The number of rotatable bonds is 2. The van der Waals surface area contributed by atoms with Crippen molar-refractivity contribution in [1.29, 1.82) is 0 Å². The monoisotopic (exact) mass is 415 g/mol. The summed E-state index contributed by atoms with van der Waals surface area (Å²) in [7, 11) is 0. The fraction of sp³-hybridized carbons (Fsp3) is 0.280. The molecule has 1 spiro atoms. The van der Waals surface area contributed by atoms with Crippen molar-refractivity contribution in [2.75, 3.05) is 13.1 Å². The molecular formula is C25H25N3O3. The van der Waals surface area contributed by atoms with Gasteiger partial charge in [0.25, 0.3) is 0 Å². The highest BCUT2D eigenvalue weighted by molar-refractivity contribution is 5.71. The first kappa shape index (κ1) is 18.8. The van der Waals surface area contributed by atoms with Crippen LogP contribution >= 0.6 is 0 Å². The molecule has 2 saturated heterocycles. The Kier molecular flexibility index (Phi) is 3.98. The third-order valence-corrected chi connectivity index (χ3v) is 7.19. The van der Waals surface area contributed by atoms with Crippen LogP contribution in [0.3, 0.4) is 0 Å². The van der Waals surface area contributed by atoms with Crippen molar-refractivity contribution >= 4 is 6.08 Å². The first-order chi connectivity index (χ1) is 15.0. The van der Waals surface area contributed by atoms with Crippen LogP contribution in [0.1, 0.15) is 23.1 Å². The molecule has 3 unspecified atom stereocenters. The molecule has 6 heteroatoms. The van der Waals surface area contributed by atoms with Crippen molar-refractivity contribution in [3.63, 3.8) is 0 Å². The van der Waals surface area contributed by atoms with E-state index >= 15 is 0 Å². The minimum Gasteiger partial charge on any atom is -0.596 e. The molecule has 0 saturated carbocycles. The van der Waals surface area contributed by atoms with Crippen LogP contribution in [0.2, 0.25) is 0 Å². The van der Waals surface area contributed by atoms with Crippen molar-refractivity contribution in [2.24, 2.45) is 0 Å². The molecule has 2 aliphatic heterocycles. The standard InChI is InChI=1S/C25H25N3O3/c29-23-14-22-24(21-13-19-9-5-4-8-18(19)12-20(21)23)28(30,31)25(26-22)10-11-27(16-25)15-17-6-2-1-3-7-17/h1-9,13-14,24,26,29-30H,10-12,15-16H2. The fourth-order valence-corrected chi connectivity index (χ4v) is 5.64. The zero-order valence-electron chi connectivity index (χ0n) is 17.2. The Bertz CT molecular complexity index is 1150. The molecule has 3 atom stereocenters. The van der Waals surface area contributed by atoms with Gasteiger partial charge in [-0.2, -0.15) is 4.81 Å². The number of likely N-dealkylation sites (tertiary alicyclic amines) is 1. The summed E-state index contributed by atoms with van der Waals surface area (Å²) in [6.07, 6.45) is 4.69. The number of hydroxylamine groups is 4. The van der Waals surface area contributed by atoms with E-state index in [4.69, 9.17) is 0 Å². The molecule has 2 fully saturated rings. The van der Waals surface area contributed by atoms with E-state index in [1.165, 1.54) is 5.56 Å². The molecule has 0 radical (unpaired) electrons. The average molecular weight is 415 g/mol. The maximum absolute atomic E-state index is 13.9. The fourth-order valence-electron chi connectivity index (χ4n) is 5.64. The largest absolute Gasteiger partial charge is 0.596 e. The maximum atomic E-state index is 13.9. The van der Waals surface area contributed by atoms with Gasteiger partial charge in [0.1, 0.15) is 5.76 Å². The normalized spacial score (nSPS) is 31.6. The Labute approximate surface area is 181 Å². The number of aliphatic hydroxyl groups is 1. The molecule has 2 heterocycles. The van der Waals surface area contributed by atoms with Crippen molar-refractivity contribution in [3.8, 4) is 0 Å². The van der Waals surface area contributed by atoms with Crippen LogP contribution in [0.15, 0.2) is 83.3 Å². The Morgan fingerprint density at radius 1 is 1.10 bits per heavy atom. The molecule has 31 heavy (non-hydrogen) atoms. The summed E-state index contributed by atoms with van der Waals surface area (Å²) in [6, 6.07) is 17.4. The molecule has 2 aromatic carbocycles. The third kappa shape index (κ3) is 2.73. The van der Waals surface area contributed by atoms with Gasteiger partial charge in [-0.25, -0.2) is 5.21 Å². The van der Waals surface area contributed by atoms with E-state index in [9.17, 15) is 15.5 Å². The van der Waals surface area contributed by atoms with Gasteiger partial charge in [-0.3, -0.25) is 4.90 Å². The van der Waals surface area contributed by atoms with Crippen LogP contribution in [0, 0.1) is 5.21 Å². The summed E-state index contributed by atoms with van der Waals surface area (Å²) < 4.78 is 0. The summed E-state index contributed by atoms with van der Waals surface area (Å²) in [4.78, 5) is 0.828. The number of allylic oxidation sites excluding steroid dienone is 1. The molecule has 6 rings (SSSR count). The lowest BCUT2D eigenvalue weighted by Crippen LogP contribution is -2.63. The highest BCUT2D eigenvalue weighted by Gasteiger charge is 2.63. The number of nitrogens with zero attached hydrogens (tertiary/aromatic N) is 2. The van der Waals surface area contributed by atoms with E-state index < -0.39 is 16.5 Å². The van der Waals surface area contributed by atoms with Crippen LogP contribution in [0.25, 0.3) is 6.08 Å². The smallest absolute Gasteiger partial charge is 0.216 e. The second-order valence-electron chi connectivity index (χ2n) is 9.07. The number of nitrogens with one attached hydrogen (secondary N) is 1. The number of benzene rings is 2.